The molecule has 2 amide bonds. The summed E-state index contributed by atoms with van der Waals surface area (Å²) in [4.78, 5) is 27.5. The molecule has 0 aliphatic carbocycles. The predicted molar refractivity (Wildman–Crippen MR) is 128 cm³/mol. The molecule has 33 heavy (non-hydrogen) atoms. The molecule has 0 fully saturated rings. The van der Waals surface area contributed by atoms with Gasteiger partial charge in [-0.2, -0.15) is 0 Å². The third kappa shape index (κ3) is 6.12. The highest BCUT2D eigenvalue weighted by atomic mass is 19.1. The van der Waals surface area contributed by atoms with Gasteiger partial charge in [0, 0.05) is 19.5 Å². The minimum absolute atomic E-state index is 0.0849. The van der Waals surface area contributed by atoms with E-state index in [1.54, 1.807) is 12.1 Å². The van der Waals surface area contributed by atoms with Crippen molar-refractivity contribution in [3.8, 4) is 5.75 Å². The molecule has 1 aliphatic rings. The summed E-state index contributed by atoms with van der Waals surface area (Å²) in [7, 11) is 0. The summed E-state index contributed by atoms with van der Waals surface area (Å²) in [5.41, 5.74) is 2.96. The predicted octanol–water partition coefficient (Wildman–Crippen LogP) is 5.03. The van der Waals surface area contributed by atoms with Gasteiger partial charge >= 0.3 is 0 Å². The van der Waals surface area contributed by atoms with Crippen molar-refractivity contribution in [2.45, 2.75) is 65.5 Å². The van der Waals surface area contributed by atoms with Crippen LogP contribution >= 0.6 is 0 Å². The maximum atomic E-state index is 13.6. The highest BCUT2D eigenvalue weighted by molar-refractivity contribution is 5.81. The molecule has 3 rings (SSSR count). The smallest absolute Gasteiger partial charge is 0.261 e. The van der Waals surface area contributed by atoms with Gasteiger partial charge < -0.3 is 15.0 Å². The Morgan fingerprint density at radius 3 is 2.52 bits per heavy atom. The first-order valence-electron chi connectivity index (χ1n) is 12.0. The quantitative estimate of drug-likeness (QED) is 0.578. The SMILES string of the molecule is CCCNC(=O)[C@@H](CC)Oc1ccc2c(c1)[C@@H](c1ccc(F)cc1)N(C(=O)CC(C)C)CC2. The number of nitrogens with zero attached hydrogens (tertiary/aromatic N) is 1. The van der Waals surface area contributed by atoms with E-state index in [9.17, 15) is 14.0 Å². The van der Waals surface area contributed by atoms with E-state index < -0.39 is 6.10 Å². The lowest BCUT2D eigenvalue weighted by atomic mass is 9.87. The van der Waals surface area contributed by atoms with Gasteiger partial charge in [-0.15, -0.1) is 0 Å². The van der Waals surface area contributed by atoms with E-state index in [1.165, 1.54) is 12.1 Å². The highest BCUT2D eigenvalue weighted by Gasteiger charge is 2.33. The summed E-state index contributed by atoms with van der Waals surface area (Å²) in [6.45, 7) is 9.21. The molecule has 1 N–H and O–H groups in total. The average Bonchev–Trinajstić information content (AvgIpc) is 2.80. The standard InChI is InChI=1S/C27H35FN2O3/c1-5-14-29-27(32)24(6-2)33-22-12-9-19-13-15-30(25(31)16-18(3)4)26(23(19)17-22)20-7-10-21(28)11-8-20/h7-12,17-18,24,26H,5-6,13-16H2,1-4H3,(H,29,32)/t24-,26-/m1/s1. The van der Waals surface area contributed by atoms with Gasteiger partial charge in [0.15, 0.2) is 6.10 Å². The van der Waals surface area contributed by atoms with Crippen LogP contribution in [0.3, 0.4) is 0 Å². The van der Waals surface area contributed by atoms with E-state index in [0.29, 0.717) is 31.7 Å². The molecule has 2 atom stereocenters. The molecule has 178 valence electrons. The number of carbonyl (C=O) groups excluding carboxylic acids is 2. The van der Waals surface area contributed by atoms with Crippen LogP contribution in [-0.4, -0.2) is 35.9 Å². The Labute approximate surface area is 196 Å². The fourth-order valence-electron chi connectivity index (χ4n) is 4.25. The van der Waals surface area contributed by atoms with Crippen LogP contribution in [0.1, 0.15) is 69.7 Å². The minimum atomic E-state index is -0.582. The van der Waals surface area contributed by atoms with Crippen molar-refractivity contribution in [1.29, 1.82) is 0 Å². The van der Waals surface area contributed by atoms with Crippen molar-refractivity contribution >= 4 is 11.8 Å². The number of fused-ring (bicyclic) bond motifs is 1. The first kappa shape index (κ1) is 24.7. The zero-order valence-electron chi connectivity index (χ0n) is 20.1. The summed E-state index contributed by atoms with van der Waals surface area (Å²) in [6.07, 6.45) is 2.03. The van der Waals surface area contributed by atoms with Gasteiger partial charge in [-0.05, 0) is 66.1 Å². The van der Waals surface area contributed by atoms with Gasteiger partial charge in [-0.1, -0.05) is 45.9 Å². The number of carbonyl (C=O) groups is 2. The van der Waals surface area contributed by atoms with Crippen molar-refractivity contribution in [1.82, 2.24) is 10.2 Å². The summed E-state index contributed by atoms with van der Waals surface area (Å²) in [5.74, 6) is 0.491. The van der Waals surface area contributed by atoms with Crippen LogP contribution in [0.5, 0.6) is 5.75 Å². The Morgan fingerprint density at radius 1 is 1.15 bits per heavy atom. The number of ether oxygens (including phenoxy) is 1. The van der Waals surface area contributed by atoms with Crippen LogP contribution in [0.25, 0.3) is 0 Å². The van der Waals surface area contributed by atoms with Crippen LogP contribution in [0.2, 0.25) is 0 Å². The maximum absolute atomic E-state index is 13.6. The first-order chi connectivity index (χ1) is 15.8. The molecule has 0 bridgehead atoms. The summed E-state index contributed by atoms with van der Waals surface area (Å²) in [5, 5.41) is 2.89. The third-order valence-electron chi connectivity index (χ3n) is 5.93. The van der Waals surface area contributed by atoms with Crippen LogP contribution in [0.4, 0.5) is 4.39 Å². The second-order valence-corrected chi connectivity index (χ2v) is 9.06. The summed E-state index contributed by atoms with van der Waals surface area (Å²) >= 11 is 0. The van der Waals surface area contributed by atoms with E-state index in [0.717, 1.165) is 29.5 Å². The lowest BCUT2D eigenvalue weighted by molar-refractivity contribution is -0.134. The Bertz CT molecular complexity index is 958. The molecule has 1 aliphatic heterocycles. The van der Waals surface area contributed by atoms with Gasteiger partial charge in [0.05, 0.1) is 6.04 Å². The van der Waals surface area contributed by atoms with E-state index in [-0.39, 0.29) is 29.6 Å². The second-order valence-electron chi connectivity index (χ2n) is 9.06. The molecule has 0 aromatic heterocycles. The molecule has 5 nitrogen and oxygen atoms in total. The number of benzene rings is 2. The van der Waals surface area contributed by atoms with E-state index in [2.05, 4.69) is 5.32 Å². The molecule has 0 saturated carbocycles. The minimum Gasteiger partial charge on any atom is -0.481 e. The van der Waals surface area contributed by atoms with Crippen LogP contribution < -0.4 is 10.1 Å². The molecule has 0 unspecified atom stereocenters. The lowest BCUT2D eigenvalue weighted by Gasteiger charge is -2.38. The second kappa shape index (κ2) is 11.3. The van der Waals surface area contributed by atoms with Gasteiger partial charge in [-0.25, -0.2) is 4.39 Å². The maximum Gasteiger partial charge on any atom is 0.261 e. The van der Waals surface area contributed by atoms with Crippen molar-refractivity contribution < 1.29 is 18.7 Å². The highest BCUT2D eigenvalue weighted by Crippen LogP contribution is 2.38. The van der Waals surface area contributed by atoms with Crippen LogP contribution in [0.15, 0.2) is 42.5 Å². The van der Waals surface area contributed by atoms with E-state index >= 15 is 0 Å². The largest absolute Gasteiger partial charge is 0.481 e. The van der Waals surface area contributed by atoms with Crippen LogP contribution in [-0.2, 0) is 16.0 Å². The number of halogens is 1. The molecule has 1 heterocycles. The molecule has 2 aromatic rings. The lowest BCUT2D eigenvalue weighted by Crippen LogP contribution is -2.41. The number of hydrogen-bond acceptors (Lipinski definition) is 3. The normalized spacial score (nSPS) is 16.3. The molecule has 0 spiro atoms. The zero-order valence-corrected chi connectivity index (χ0v) is 20.1. The zero-order chi connectivity index (χ0) is 24.0. The Balaban J connectivity index is 1.96. The number of amides is 2. The third-order valence-corrected chi connectivity index (χ3v) is 5.93. The fourth-order valence-corrected chi connectivity index (χ4v) is 4.25. The Morgan fingerprint density at radius 2 is 1.88 bits per heavy atom. The number of hydrogen-bond donors (Lipinski definition) is 1. The summed E-state index contributed by atoms with van der Waals surface area (Å²) < 4.78 is 19.7. The van der Waals surface area contributed by atoms with E-state index in [4.69, 9.17) is 4.74 Å². The number of nitrogens with one attached hydrogen (secondary N) is 1. The molecular weight excluding hydrogens is 419 g/mol. The van der Waals surface area contributed by atoms with Crippen LogP contribution in [0, 0.1) is 11.7 Å². The molecule has 2 aromatic carbocycles. The topological polar surface area (TPSA) is 58.6 Å². The van der Waals surface area contributed by atoms with E-state index in [1.807, 2.05) is 50.8 Å². The van der Waals surface area contributed by atoms with Crippen molar-refractivity contribution in [3.63, 3.8) is 0 Å². The molecular formula is C27H35FN2O3. The number of rotatable bonds is 9. The monoisotopic (exact) mass is 454 g/mol. The Kier molecular flexibility index (Phi) is 8.48. The van der Waals surface area contributed by atoms with Crippen molar-refractivity contribution in [2.24, 2.45) is 5.92 Å². The van der Waals surface area contributed by atoms with Crippen molar-refractivity contribution in [2.75, 3.05) is 13.1 Å². The molecule has 6 heteroatoms. The molecule has 0 radical (unpaired) electrons. The summed E-state index contributed by atoms with van der Waals surface area (Å²) in [6, 6.07) is 11.9. The fraction of sp³-hybridized carbons (Fsp3) is 0.481. The van der Waals surface area contributed by atoms with Gasteiger partial charge in [0.25, 0.3) is 5.91 Å². The first-order valence-corrected chi connectivity index (χ1v) is 12.0. The van der Waals surface area contributed by atoms with Gasteiger partial charge in [0.1, 0.15) is 11.6 Å². The van der Waals surface area contributed by atoms with Gasteiger partial charge in [0.2, 0.25) is 5.91 Å². The molecule has 0 saturated heterocycles. The van der Waals surface area contributed by atoms with Gasteiger partial charge in [-0.3, -0.25) is 9.59 Å². The average molecular weight is 455 g/mol. The van der Waals surface area contributed by atoms with Crippen molar-refractivity contribution in [3.05, 3.63) is 65.0 Å². The Hall–Kier alpha value is -2.89.